The van der Waals surface area contributed by atoms with Crippen LogP contribution in [0.25, 0.3) is 0 Å². The highest BCUT2D eigenvalue weighted by Gasteiger charge is 2.24. The van der Waals surface area contributed by atoms with Gasteiger partial charge in [0.1, 0.15) is 0 Å². The van der Waals surface area contributed by atoms with Crippen LogP contribution in [0.2, 0.25) is 5.02 Å². The van der Waals surface area contributed by atoms with Crippen LogP contribution >= 0.6 is 11.6 Å². The summed E-state index contributed by atoms with van der Waals surface area (Å²) in [5, 5.41) is 3.47. The van der Waals surface area contributed by atoms with Crippen molar-refractivity contribution in [3.05, 3.63) is 28.3 Å². The van der Waals surface area contributed by atoms with Crippen LogP contribution in [-0.4, -0.2) is 24.4 Å². The molecule has 2 rings (SSSR count). The van der Waals surface area contributed by atoms with Crippen LogP contribution in [0.3, 0.4) is 0 Å². The van der Waals surface area contributed by atoms with Gasteiger partial charge in [-0.05, 0) is 43.9 Å². The van der Waals surface area contributed by atoms with Gasteiger partial charge in [-0.3, -0.25) is 9.59 Å². The van der Waals surface area contributed by atoms with Gasteiger partial charge in [0.15, 0.2) is 0 Å². The highest BCUT2D eigenvalue weighted by Crippen LogP contribution is 2.31. The Balaban J connectivity index is 2.11. The van der Waals surface area contributed by atoms with Gasteiger partial charge >= 0.3 is 0 Å². The third-order valence-corrected chi connectivity index (χ3v) is 3.84. The number of benzene rings is 1. The van der Waals surface area contributed by atoms with Crippen LogP contribution < -0.4 is 10.2 Å². The second-order valence-corrected chi connectivity index (χ2v) is 6.08. The third-order valence-electron chi connectivity index (χ3n) is 3.55. The number of halogens is 1. The molecule has 5 heteroatoms. The fraction of sp³-hybridized carbons (Fsp3) is 0.500. The van der Waals surface area contributed by atoms with Crippen molar-refractivity contribution < 1.29 is 9.59 Å². The van der Waals surface area contributed by atoms with E-state index in [-0.39, 0.29) is 11.8 Å². The molecule has 0 atom stereocenters. The topological polar surface area (TPSA) is 49.4 Å². The lowest BCUT2D eigenvalue weighted by Crippen LogP contribution is -2.35. The van der Waals surface area contributed by atoms with Gasteiger partial charge in [0, 0.05) is 25.9 Å². The van der Waals surface area contributed by atoms with Gasteiger partial charge in [0.2, 0.25) is 11.8 Å². The summed E-state index contributed by atoms with van der Waals surface area (Å²) in [5.41, 5.74) is 2.70. The number of rotatable bonds is 5. The molecule has 0 saturated heterocycles. The lowest BCUT2D eigenvalue weighted by Gasteiger charge is -2.24. The zero-order valence-electron chi connectivity index (χ0n) is 12.7. The third kappa shape index (κ3) is 4.21. The van der Waals surface area contributed by atoms with E-state index in [0.717, 1.165) is 24.0 Å². The van der Waals surface area contributed by atoms with Gasteiger partial charge in [-0.1, -0.05) is 17.7 Å². The molecule has 1 N–H and O–H groups in total. The molecule has 0 bridgehead atoms. The maximum absolute atomic E-state index is 11.9. The largest absolute Gasteiger partial charge is 0.353 e. The van der Waals surface area contributed by atoms with E-state index in [4.69, 9.17) is 11.6 Å². The van der Waals surface area contributed by atoms with E-state index in [0.29, 0.717) is 29.7 Å². The SMILES string of the molecule is CC(=O)N(CCC(=O)NC1CC1)c1c(C)cc(C)cc1Cl. The number of hydrogen-bond donors (Lipinski definition) is 1. The Morgan fingerprint density at radius 3 is 2.52 bits per heavy atom. The smallest absolute Gasteiger partial charge is 0.223 e. The molecule has 1 fully saturated rings. The summed E-state index contributed by atoms with van der Waals surface area (Å²) in [4.78, 5) is 25.3. The first-order valence-corrected chi connectivity index (χ1v) is 7.60. The number of aryl methyl sites for hydroxylation is 2. The Morgan fingerprint density at radius 2 is 2.00 bits per heavy atom. The number of carbonyl (C=O) groups is 2. The van der Waals surface area contributed by atoms with Gasteiger partial charge in [-0.25, -0.2) is 0 Å². The number of nitrogens with one attached hydrogen (secondary N) is 1. The van der Waals surface area contributed by atoms with E-state index in [2.05, 4.69) is 5.32 Å². The molecule has 21 heavy (non-hydrogen) atoms. The Kier molecular flexibility index (Phi) is 4.88. The van der Waals surface area contributed by atoms with Gasteiger partial charge in [0.05, 0.1) is 10.7 Å². The van der Waals surface area contributed by atoms with Crippen LogP contribution in [0.15, 0.2) is 12.1 Å². The van der Waals surface area contributed by atoms with Gasteiger partial charge < -0.3 is 10.2 Å². The predicted molar refractivity (Wildman–Crippen MR) is 84.7 cm³/mol. The molecular formula is C16H21ClN2O2. The Bertz CT molecular complexity index is 544. The van der Waals surface area contributed by atoms with Gasteiger partial charge in [0.25, 0.3) is 0 Å². The molecule has 0 aromatic heterocycles. The summed E-state index contributed by atoms with van der Waals surface area (Å²) in [7, 11) is 0. The summed E-state index contributed by atoms with van der Waals surface area (Å²) in [5.74, 6) is -0.118. The number of nitrogens with zero attached hydrogens (tertiary/aromatic N) is 1. The first-order chi connectivity index (χ1) is 9.88. The van der Waals surface area contributed by atoms with Crippen LogP contribution in [0.4, 0.5) is 5.69 Å². The summed E-state index contributed by atoms with van der Waals surface area (Å²) < 4.78 is 0. The molecular weight excluding hydrogens is 288 g/mol. The lowest BCUT2D eigenvalue weighted by molar-refractivity contribution is -0.121. The standard InChI is InChI=1S/C16H21ClN2O2/c1-10-8-11(2)16(14(17)9-10)19(12(3)20)7-6-15(21)18-13-4-5-13/h8-9,13H,4-7H2,1-3H3,(H,18,21). The quantitative estimate of drug-likeness (QED) is 0.909. The van der Waals surface area contributed by atoms with E-state index >= 15 is 0 Å². The van der Waals surface area contributed by atoms with Crippen LogP contribution in [0.5, 0.6) is 0 Å². The number of anilines is 1. The van der Waals surface area contributed by atoms with E-state index in [1.165, 1.54) is 6.92 Å². The predicted octanol–water partition coefficient (Wildman–Crippen LogP) is 2.98. The molecule has 0 radical (unpaired) electrons. The fourth-order valence-corrected chi connectivity index (χ4v) is 2.84. The zero-order chi connectivity index (χ0) is 15.6. The van der Waals surface area contributed by atoms with Crippen molar-refractivity contribution in [1.82, 2.24) is 5.32 Å². The first-order valence-electron chi connectivity index (χ1n) is 7.22. The molecule has 114 valence electrons. The van der Waals surface area contributed by atoms with Gasteiger partial charge in [-0.15, -0.1) is 0 Å². The average molecular weight is 309 g/mol. The Morgan fingerprint density at radius 1 is 1.33 bits per heavy atom. The zero-order valence-corrected chi connectivity index (χ0v) is 13.5. The van der Waals surface area contributed by atoms with Crippen LogP contribution in [0.1, 0.15) is 37.3 Å². The molecule has 1 aromatic rings. The Hall–Kier alpha value is -1.55. The number of hydrogen-bond acceptors (Lipinski definition) is 2. The second kappa shape index (κ2) is 6.48. The summed E-state index contributed by atoms with van der Waals surface area (Å²) >= 11 is 6.29. The molecule has 1 aromatic carbocycles. The molecule has 1 saturated carbocycles. The molecule has 0 spiro atoms. The molecule has 1 aliphatic rings. The van der Waals surface area contributed by atoms with Crippen molar-refractivity contribution in [3.8, 4) is 0 Å². The Labute approximate surface area is 130 Å². The fourth-order valence-electron chi connectivity index (χ4n) is 2.42. The molecule has 0 heterocycles. The van der Waals surface area contributed by atoms with Crippen molar-refractivity contribution in [2.24, 2.45) is 0 Å². The minimum Gasteiger partial charge on any atom is -0.353 e. The highest BCUT2D eigenvalue weighted by atomic mass is 35.5. The van der Waals surface area contributed by atoms with E-state index < -0.39 is 0 Å². The van der Waals surface area contributed by atoms with Crippen molar-refractivity contribution >= 4 is 29.1 Å². The average Bonchev–Trinajstić information content (AvgIpc) is 3.15. The lowest BCUT2D eigenvalue weighted by atomic mass is 10.1. The number of amides is 2. The molecule has 2 amide bonds. The van der Waals surface area contributed by atoms with E-state index in [1.807, 2.05) is 26.0 Å². The van der Waals surface area contributed by atoms with Crippen LogP contribution in [-0.2, 0) is 9.59 Å². The second-order valence-electron chi connectivity index (χ2n) is 5.67. The minimum absolute atomic E-state index is 0.00960. The number of carbonyl (C=O) groups excluding carboxylic acids is 2. The maximum atomic E-state index is 11.9. The molecule has 1 aliphatic carbocycles. The van der Waals surface area contributed by atoms with Crippen molar-refractivity contribution in [3.63, 3.8) is 0 Å². The summed E-state index contributed by atoms with van der Waals surface area (Å²) in [6, 6.07) is 4.17. The molecule has 4 nitrogen and oxygen atoms in total. The van der Waals surface area contributed by atoms with Crippen molar-refractivity contribution in [1.29, 1.82) is 0 Å². The minimum atomic E-state index is -0.108. The summed E-state index contributed by atoms with van der Waals surface area (Å²) in [6.45, 7) is 5.73. The van der Waals surface area contributed by atoms with Crippen molar-refractivity contribution in [2.75, 3.05) is 11.4 Å². The normalized spacial score (nSPS) is 13.9. The van der Waals surface area contributed by atoms with E-state index in [9.17, 15) is 9.59 Å². The summed E-state index contributed by atoms with van der Waals surface area (Å²) in [6.07, 6.45) is 2.41. The monoisotopic (exact) mass is 308 g/mol. The first kappa shape index (κ1) is 15.8. The highest BCUT2D eigenvalue weighted by molar-refractivity contribution is 6.34. The van der Waals surface area contributed by atoms with E-state index in [1.54, 1.807) is 4.90 Å². The van der Waals surface area contributed by atoms with Gasteiger partial charge in [-0.2, -0.15) is 0 Å². The van der Waals surface area contributed by atoms with Crippen LogP contribution in [0, 0.1) is 13.8 Å². The van der Waals surface area contributed by atoms with Crippen molar-refractivity contribution in [2.45, 2.75) is 46.1 Å². The maximum Gasteiger partial charge on any atom is 0.223 e. The molecule has 0 aliphatic heterocycles. The molecule has 0 unspecified atom stereocenters.